The molecule has 3 rings (SSSR count). The second-order valence-corrected chi connectivity index (χ2v) is 6.50. The number of nitrogens with zero attached hydrogens (tertiary/aromatic N) is 2. The summed E-state index contributed by atoms with van der Waals surface area (Å²) in [6.45, 7) is 3.27. The van der Waals surface area contributed by atoms with Gasteiger partial charge in [0, 0.05) is 19.1 Å². The van der Waals surface area contributed by atoms with E-state index < -0.39 is 0 Å². The van der Waals surface area contributed by atoms with Crippen LogP contribution in [0.1, 0.15) is 37.3 Å². The van der Waals surface area contributed by atoms with Crippen LogP contribution in [0.5, 0.6) is 0 Å². The first-order valence-corrected chi connectivity index (χ1v) is 8.74. The lowest BCUT2D eigenvalue weighted by atomic mass is 10.1. The van der Waals surface area contributed by atoms with E-state index in [-0.39, 0.29) is 18.7 Å². The summed E-state index contributed by atoms with van der Waals surface area (Å²) in [5.41, 5.74) is 1.26. The minimum Gasteiger partial charge on any atom is -0.395 e. The molecule has 2 aliphatic rings. The molecule has 5 nitrogen and oxygen atoms in total. The molecule has 0 aromatic heterocycles. The van der Waals surface area contributed by atoms with Gasteiger partial charge in [-0.2, -0.15) is 0 Å². The Hall–Kier alpha value is -1.59. The lowest BCUT2D eigenvalue weighted by Gasteiger charge is -2.30. The van der Waals surface area contributed by atoms with Crippen LogP contribution in [0.4, 0.5) is 4.79 Å². The molecule has 0 bridgehead atoms. The number of nitrogens with one attached hydrogen (secondary N) is 1. The zero-order valence-corrected chi connectivity index (χ0v) is 13.7. The van der Waals surface area contributed by atoms with Gasteiger partial charge < -0.3 is 15.3 Å². The first-order valence-electron chi connectivity index (χ1n) is 8.74. The predicted octanol–water partition coefficient (Wildman–Crippen LogP) is 1.99. The first-order chi connectivity index (χ1) is 11.3. The fourth-order valence-corrected chi connectivity index (χ4v) is 3.42. The minimum absolute atomic E-state index is 0.0260. The molecule has 0 radical (unpaired) electrons. The van der Waals surface area contributed by atoms with Crippen molar-refractivity contribution >= 4 is 6.03 Å². The molecule has 2 fully saturated rings. The molecule has 1 heterocycles. The van der Waals surface area contributed by atoms with Gasteiger partial charge in [-0.3, -0.25) is 4.90 Å². The first kappa shape index (κ1) is 16.3. The predicted molar refractivity (Wildman–Crippen MR) is 90.2 cm³/mol. The fourth-order valence-electron chi connectivity index (χ4n) is 3.42. The van der Waals surface area contributed by atoms with Gasteiger partial charge in [-0.1, -0.05) is 30.3 Å². The Labute approximate surface area is 138 Å². The van der Waals surface area contributed by atoms with Gasteiger partial charge in [-0.25, -0.2) is 4.79 Å². The van der Waals surface area contributed by atoms with E-state index in [1.165, 1.54) is 18.4 Å². The smallest absolute Gasteiger partial charge is 0.317 e. The molecule has 5 heteroatoms. The van der Waals surface area contributed by atoms with Gasteiger partial charge in [-0.05, 0) is 44.3 Å². The highest BCUT2D eigenvalue weighted by atomic mass is 16.3. The number of rotatable bonds is 7. The number of amides is 2. The van der Waals surface area contributed by atoms with E-state index in [1.807, 2.05) is 6.07 Å². The molecule has 2 N–H and O–H groups in total. The Morgan fingerprint density at radius 1 is 1.26 bits per heavy atom. The maximum Gasteiger partial charge on any atom is 0.317 e. The van der Waals surface area contributed by atoms with Gasteiger partial charge in [0.25, 0.3) is 0 Å². The molecule has 1 saturated heterocycles. The minimum atomic E-state index is -0.0401. The van der Waals surface area contributed by atoms with Crippen LogP contribution in [0.2, 0.25) is 0 Å². The SMILES string of the molecule is O=C(NCC(c1ccccc1)N1CCCC1)N(CCO)C1CC1. The molecule has 1 aliphatic carbocycles. The number of aliphatic hydroxyl groups excluding tert-OH is 1. The van der Waals surface area contributed by atoms with Crippen LogP contribution >= 0.6 is 0 Å². The van der Waals surface area contributed by atoms with Crippen molar-refractivity contribution in [1.82, 2.24) is 15.1 Å². The Morgan fingerprint density at radius 3 is 2.57 bits per heavy atom. The van der Waals surface area contributed by atoms with Crippen LogP contribution in [0.25, 0.3) is 0 Å². The highest BCUT2D eigenvalue weighted by Crippen LogP contribution is 2.27. The molecule has 0 spiro atoms. The van der Waals surface area contributed by atoms with Crippen LogP contribution in [0.15, 0.2) is 30.3 Å². The molecule has 1 unspecified atom stereocenters. The summed E-state index contributed by atoms with van der Waals surface area (Å²) in [5, 5.41) is 12.3. The van der Waals surface area contributed by atoms with Gasteiger partial charge in [0.15, 0.2) is 0 Å². The van der Waals surface area contributed by atoms with Crippen molar-refractivity contribution in [3.05, 3.63) is 35.9 Å². The monoisotopic (exact) mass is 317 g/mol. The standard InChI is InChI=1S/C18H27N3O2/c22-13-12-21(16-8-9-16)18(23)19-14-17(20-10-4-5-11-20)15-6-2-1-3-7-15/h1-3,6-7,16-17,22H,4-5,8-14H2,(H,19,23). The largest absolute Gasteiger partial charge is 0.395 e. The number of carbonyl (C=O) groups is 1. The van der Waals surface area contributed by atoms with Crippen LogP contribution < -0.4 is 5.32 Å². The van der Waals surface area contributed by atoms with Crippen molar-refractivity contribution in [2.75, 3.05) is 32.8 Å². The number of hydrogen-bond donors (Lipinski definition) is 2. The number of likely N-dealkylation sites (tertiary alicyclic amines) is 1. The van der Waals surface area contributed by atoms with Gasteiger partial charge in [0.2, 0.25) is 0 Å². The Balaban J connectivity index is 1.62. The summed E-state index contributed by atoms with van der Waals surface area (Å²) in [5.74, 6) is 0. The molecular weight excluding hydrogens is 290 g/mol. The molecule has 1 aromatic carbocycles. The molecule has 126 valence electrons. The van der Waals surface area contributed by atoms with Crippen LogP contribution in [0.3, 0.4) is 0 Å². The molecule has 1 atom stereocenters. The van der Waals surface area contributed by atoms with Crippen molar-refractivity contribution in [2.45, 2.75) is 37.8 Å². The number of benzene rings is 1. The van der Waals surface area contributed by atoms with E-state index in [0.29, 0.717) is 19.1 Å². The summed E-state index contributed by atoms with van der Waals surface area (Å²) in [6, 6.07) is 10.9. The van der Waals surface area contributed by atoms with Gasteiger partial charge in [-0.15, -0.1) is 0 Å². The maximum absolute atomic E-state index is 12.5. The summed E-state index contributed by atoms with van der Waals surface area (Å²) in [4.78, 5) is 16.7. The van der Waals surface area contributed by atoms with Crippen molar-refractivity contribution < 1.29 is 9.90 Å². The number of hydrogen-bond acceptors (Lipinski definition) is 3. The molecule has 1 saturated carbocycles. The number of carbonyl (C=O) groups excluding carboxylic acids is 1. The molecule has 2 amide bonds. The third-order valence-corrected chi connectivity index (χ3v) is 4.80. The van der Waals surface area contributed by atoms with Gasteiger partial charge >= 0.3 is 6.03 Å². The van der Waals surface area contributed by atoms with E-state index in [9.17, 15) is 4.79 Å². The van der Waals surface area contributed by atoms with E-state index in [1.54, 1.807) is 4.90 Å². The van der Waals surface area contributed by atoms with E-state index in [2.05, 4.69) is 34.5 Å². The van der Waals surface area contributed by atoms with Crippen molar-refractivity contribution in [3.63, 3.8) is 0 Å². The Kier molecular flexibility index (Phi) is 5.51. The van der Waals surface area contributed by atoms with Crippen LogP contribution in [-0.4, -0.2) is 59.8 Å². The third-order valence-electron chi connectivity index (χ3n) is 4.80. The summed E-state index contributed by atoms with van der Waals surface area (Å²) in [6.07, 6.45) is 4.58. The lowest BCUT2D eigenvalue weighted by Crippen LogP contribution is -2.45. The summed E-state index contributed by atoms with van der Waals surface area (Å²) >= 11 is 0. The van der Waals surface area contributed by atoms with Gasteiger partial charge in [0.1, 0.15) is 0 Å². The van der Waals surface area contributed by atoms with E-state index in [4.69, 9.17) is 5.11 Å². The zero-order valence-electron chi connectivity index (χ0n) is 13.7. The third kappa shape index (κ3) is 4.24. The molecule has 1 aliphatic heterocycles. The average Bonchev–Trinajstić information content (AvgIpc) is 3.28. The average molecular weight is 317 g/mol. The van der Waals surface area contributed by atoms with Crippen molar-refractivity contribution in [2.24, 2.45) is 0 Å². The number of urea groups is 1. The highest BCUT2D eigenvalue weighted by molar-refractivity contribution is 5.75. The Morgan fingerprint density at radius 2 is 1.96 bits per heavy atom. The quantitative estimate of drug-likeness (QED) is 0.808. The van der Waals surface area contributed by atoms with E-state index >= 15 is 0 Å². The Bertz CT molecular complexity index is 498. The second-order valence-electron chi connectivity index (χ2n) is 6.50. The number of aliphatic hydroxyl groups is 1. The molecular formula is C18H27N3O2. The van der Waals surface area contributed by atoms with Crippen LogP contribution in [-0.2, 0) is 0 Å². The second kappa shape index (κ2) is 7.79. The highest BCUT2D eigenvalue weighted by Gasteiger charge is 2.32. The van der Waals surface area contributed by atoms with Gasteiger partial charge in [0.05, 0.1) is 12.6 Å². The normalized spacial score (nSPS) is 19.5. The van der Waals surface area contributed by atoms with Crippen molar-refractivity contribution in [3.8, 4) is 0 Å². The lowest BCUT2D eigenvalue weighted by molar-refractivity contribution is 0.168. The van der Waals surface area contributed by atoms with Crippen molar-refractivity contribution in [1.29, 1.82) is 0 Å². The zero-order chi connectivity index (χ0) is 16.1. The van der Waals surface area contributed by atoms with E-state index in [0.717, 1.165) is 25.9 Å². The van der Waals surface area contributed by atoms with Crippen LogP contribution in [0, 0.1) is 0 Å². The summed E-state index contributed by atoms with van der Waals surface area (Å²) < 4.78 is 0. The maximum atomic E-state index is 12.5. The molecule has 1 aromatic rings. The fraction of sp³-hybridized carbons (Fsp3) is 0.611. The summed E-state index contributed by atoms with van der Waals surface area (Å²) in [7, 11) is 0. The topological polar surface area (TPSA) is 55.8 Å². The molecule has 23 heavy (non-hydrogen) atoms.